The number of nitrogens with zero attached hydrogens (tertiary/aromatic N) is 2. The van der Waals surface area contributed by atoms with Gasteiger partial charge >= 0.3 is 0 Å². The first-order valence-electron chi connectivity index (χ1n) is 3.94. The summed E-state index contributed by atoms with van der Waals surface area (Å²) in [6, 6.07) is 3.29. The van der Waals surface area contributed by atoms with E-state index >= 15 is 0 Å². The van der Waals surface area contributed by atoms with Crippen molar-refractivity contribution in [3.63, 3.8) is 0 Å². The summed E-state index contributed by atoms with van der Waals surface area (Å²) in [7, 11) is 0. The Hall–Kier alpha value is -0.830. The molecule has 1 saturated carbocycles. The highest BCUT2D eigenvalue weighted by atomic mass is 16.3. The minimum atomic E-state index is -0.121. The minimum Gasteiger partial charge on any atom is -0.393 e. The molecule has 0 aliphatic heterocycles. The lowest BCUT2D eigenvalue weighted by Crippen LogP contribution is -2.07. The van der Waals surface area contributed by atoms with Gasteiger partial charge in [0.15, 0.2) is 0 Å². The predicted octanol–water partition coefficient (Wildman–Crippen LogP) is 0.769. The van der Waals surface area contributed by atoms with Crippen LogP contribution >= 0.6 is 0 Å². The molecule has 0 bridgehead atoms. The fourth-order valence-electron chi connectivity index (χ4n) is 1.62. The molecule has 1 heterocycles. The molecule has 3 heteroatoms. The van der Waals surface area contributed by atoms with Crippen LogP contribution in [-0.4, -0.2) is 21.0 Å². The van der Waals surface area contributed by atoms with Gasteiger partial charge in [0.05, 0.1) is 18.3 Å². The molecule has 1 aliphatic rings. The van der Waals surface area contributed by atoms with Crippen LogP contribution in [0.5, 0.6) is 0 Å². The molecule has 1 fully saturated rings. The first-order chi connectivity index (χ1) is 5.36. The summed E-state index contributed by atoms with van der Waals surface area (Å²) in [6.07, 6.45) is 6.16. The number of rotatable bonds is 1. The lowest BCUT2D eigenvalue weighted by Gasteiger charge is -2.08. The zero-order valence-corrected chi connectivity index (χ0v) is 6.27. The van der Waals surface area contributed by atoms with Crippen molar-refractivity contribution in [3.8, 4) is 0 Å². The van der Waals surface area contributed by atoms with E-state index in [9.17, 15) is 5.11 Å². The topological polar surface area (TPSA) is 38.0 Å². The molecule has 1 aromatic heterocycles. The molecule has 59 valence electrons. The Labute approximate surface area is 65.7 Å². The number of hydrogen-bond acceptors (Lipinski definition) is 2. The van der Waals surface area contributed by atoms with E-state index in [1.165, 1.54) is 0 Å². The molecule has 1 radical (unpaired) electrons. The molecule has 0 unspecified atom stereocenters. The van der Waals surface area contributed by atoms with Crippen molar-refractivity contribution in [2.45, 2.75) is 31.4 Å². The molecule has 1 aromatic rings. The van der Waals surface area contributed by atoms with E-state index in [0.29, 0.717) is 6.04 Å². The van der Waals surface area contributed by atoms with Crippen molar-refractivity contribution in [2.75, 3.05) is 0 Å². The molecule has 0 aromatic carbocycles. The molecule has 0 amide bonds. The highest BCUT2D eigenvalue weighted by Crippen LogP contribution is 2.28. The third-order valence-electron chi connectivity index (χ3n) is 2.22. The van der Waals surface area contributed by atoms with Crippen LogP contribution in [0, 0.1) is 6.07 Å². The maximum atomic E-state index is 9.25. The second-order valence-corrected chi connectivity index (χ2v) is 3.04. The first kappa shape index (κ1) is 6.85. The normalized spacial score (nSPS) is 31.0. The Kier molecular flexibility index (Phi) is 1.66. The fourth-order valence-corrected chi connectivity index (χ4v) is 1.62. The average Bonchev–Trinajstić information content (AvgIpc) is 2.55. The second kappa shape index (κ2) is 2.66. The highest BCUT2D eigenvalue weighted by molar-refractivity contribution is 4.84. The first-order valence-corrected chi connectivity index (χ1v) is 3.94. The molecule has 11 heavy (non-hydrogen) atoms. The molecule has 3 nitrogen and oxygen atoms in total. The molecular weight excluding hydrogens is 140 g/mol. The molecule has 2 atom stereocenters. The van der Waals surface area contributed by atoms with E-state index in [0.717, 1.165) is 19.3 Å². The largest absolute Gasteiger partial charge is 0.393 e. The van der Waals surface area contributed by atoms with Gasteiger partial charge in [-0.1, -0.05) is 0 Å². The van der Waals surface area contributed by atoms with E-state index in [4.69, 9.17) is 0 Å². The van der Waals surface area contributed by atoms with E-state index in [1.807, 2.05) is 10.9 Å². The Morgan fingerprint density at radius 2 is 2.45 bits per heavy atom. The van der Waals surface area contributed by atoms with E-state index < -0.39 is 0 Å². The third-order valence-corrected chi connectivity index (χ3v) is 2.22. The zero-order chi connectivity index (χ0) is 7.68. The lowest BCUT2D eigenvalue weighted by atomic mass is 10.2. The average molecular weight is 151 g/mol. The van der Waals surface area contributed by atoms with E-state index in [2.05, 4.69) is 11.2 Å². The standard InChI is InChI=1S/C8H11N2O/c11-8-3-2-7(6-8)10-5-1-4-9-10/h4-5,7-8,11H,2-3,6H2/t7-,8-/m0/s1. The molecule has 0 spiro atoms. The Morgan fingerprint density at radius 1 is 1.55 bits per heavy atom. The van der Waals surface area contributed by atoms with Gasteiger partial charge in [0.25, 0.3) is 0 Å². The molecule has 1 N–H and O–H groups in total. The summed E-state index contributed by atoms with van der Waals surface area (Å²) in [5, 5.41) is 13.3. The van der Waals surface area contributed by atoms with Crippen LogP contribution in [0.25, 0.3) is 0 Å². The van der Waals surface area contributed by atoms with Crippen LogP contribution in [0.4, 0.5) is 0 Å². The van der Waals surface area contributed by atoms with Crippen molar-refractivity contribution in [3.05, 3.63) is 18.5 Å². The number of aliphatic hydroxyl groups is 1. The van der Waals surface area contributed by atoms with Gasteiger partial charge in [-0.3, -0.25) is 4.68 Å². The number of aliphatic hydroxyl groups excluding tert-OH is 1. The zero-order valence-electron chi connectivity index (χ0n) is 6.27. The quantitative estimate of drug-likeness (QED) is 0.643. The van der Waals surface area contributed by atoms with Crippen LogP contribution in [0.2, 0.25) is 0 Å². The van der Waals surface area contributed by atoms with Gasteiger partial charge in [0.2, 0.25) is 0 Å². The molecular formula is C8H11N2O. The molecule has 1 aliphatic carbocycles. The summed E-state index contributed by atoms with van der Waals surface area (Å²) < 4.78 is 1.89. The fraction of sp³-hybridized carbons (Fsp3) is 0.625. The van der Waals surface area contributed by atoms with Crippen LogP contribution in [0.3, 0.4) is 0 Å². The SMILES string of the molecule is O[C@H]1CC[C@H](n2c[c]cn2)C1. The van der Waals surface area contributed by atoms with Gasteiger partial charge in [-0.25, -0.2) is 0 Å². The monoisotopic (exact) mass is 151 g/mol. The Balaban J connectivity index is 2.08. The Bertz CT molecular complexity index is 220. The van der Waals surface area contributed by atoms with Crippen LogP contribution in [0.15, 0.2) is 12.4 Å². The minimum absolute atomic E-state index is 0.121. The predicted molar refractivity (Wildman–Crippen MR) is 40.0 cm³/mol. The number of hydrogen-bond donors (Lipinski definition) is 1. The second-order valence-electron chi connectivity index (χ2n) is 3.04. The van der Waals surface area contributed by atoms with Crippen molar-refractivity contribution in [2.24, 2.45) is 0 Å². The molecule has 0 saturated heterocycles. The van der Waals surface area contributed by atoms with Crippen LogP contribution in [-0.2, 0) is 0 Å². The summed E-state index contributed by atoms with van der Waals surface area (Å²) in [6.45, 7) is 0. The van der Waals surface area contributed by atoms with Crippen LogP contribution < -0.4 is 0 Å². The third kappa shape index (κ3) is 1.28. The maximum Gasteiger partial charge on any atom is 0.0569 e. The van der Waals surface area contributed by atoms with Gasteiger partial charge in [-0.2, -0.15) is 5.10 Å². The van der Waals surface area contributed by atoms with Crippen LogP contribution in [0.1, 0.15) is 25.3 Å². The van der Waals surface area contributed by atoms with Crippen molar-refractivity contribution in [1.29, 1.82) is 0 Å². The van der Waals surface area contributed by atoms with Gasteiger partial charge in [-0.15, -0.1) is 0 Å². The van der Waals surface area contributed by atoms with E-state index in [1.54, 1.807) is 6.20 Å². The van der Waals surface area contributed by atoms with Gasteiger partial charge in [0, 0.05) is 12.3 Å². The Morgan fingerprint density at radius 3 is 3.00 bits per heavy atom. The molecule has 2 rings (SSSR count). The maximum absolute atomic E-state index is 9.25. The number of aromatic nitrogens is 2. The van der Waals surface area contributed by atoms with Gasteiger partial charge in [-0.05, 0) is 19.3 Å². The summed E-state index contributed by atoms with van der Waals surface area (Å²) in [5.74, 6) is 0. The van der Waals surface area contributed by atoms with Crippen molar-refractivity contribution >= 4 is 0 Å². The summed E-state index contributed by atoms with van der Waals surface area (Å²) in [4.78, 5) is 0. The summed E-state index contributed by atoms with van der Waals surface area (Å²) >= 11 is 0. The van der Waals surface area contributed by atoms with E-state index in [-0.39, 0.29) is 6.10 Å². The van der Waals surface area contributed by atoms with Crippen molar-refractivity contribution in [1.82, 2.24) is 9.78 Å². The van der Waals surface area contributed by atoms with Crippen molar-refractivity contribution < 1.29 is 5.11 Å². The summed E-state index contributed by atoms with van der Waals surface area (Å²) in [5.41, 5.74) is 0. The smallest absolute Gasteiger partial charge is 0.0569 e. The lowest BCUT2D eigenvalue weighted by molar-refractivity contribution is 0.177. The van der Waals surface area contributed by atoms with Gasteiger partial charge < -0.3 is 5.11 Å². The highest BCUT2D eigenvalue weighted by Gasteiger charge is 2.23. The van der Waals surface area contributed by atoms with Gasteiger partial charge in [0.1, 0.15) is 0 Å².